The Kier molecular flexibility index (Phi) is 7.65. The molecule has 0 amide bonds. The Morgan fingerprint density at radius 3 is 2.60 bits per heavy atom. The van der Waals surface area contributed by atoms with Gasteiger partial charge in [-0.3, -0.25) is 14.6 Å². The number of pyridine rings is 2. The monoisotopic (exact) mass is 574 g/mol. The number of ether oxygens (including phenoxy) is 2. The van der Waals surface area contributed by atoms with Crippen molar-refractivity contribution >= 4 is 27.6 Å². The Labute approximate surface area is 252 Å². The molecule has 6 heteroatoms. The van der Waals surface area contributed by atoms with Crippen LogP contribution in [0.5, 0.6) is 5.75 Å². The van der Waals surface area contributed by atoms with Gasteiger partial charge in [0.1, 0.15) is 11.9 Å². The first-order valence-corrected chi connectivity index (χ1v) is 15.1. The highest BCUT2D eigenvalue weighted by atomic mass is 16.5. The number of aromatic nitrogens is 2. The molecule has 1 aliphatic rings. The Bertz CT molecular complexity index is 1890. The van der Waals surface area contributed by atoms with Crippen molar-refractivity contribution in [2.45, 2.75) is 72.1 Å². The summed E-state index contributed by atoms with van der Waals surface area (Å²) in [7, 11) is 0. The zero-order chi connectivity index (χ0) is 30.3. The second kappa shape index (κ2) is 11.4. The molecule has 6 nitrogen and oxygen atoms in total. The highest BCUT2D eigenvalue weighted by Gasteiger charge is 2.31. The van der Waals surface area contributed by atoms with Crippen molar-refractivity contribution in [2.75, 3.05) is 6.61 Å². The summed E-state index contributed by atoms with van der Waals surface area (Å²) in [6.45, 7) is 10.7. The van der Waals surface area contributed by atoms with Gasteiger partial charge in [0.05, 0.1) is 23.2 Å². The number of benzene rings is 3. The molecule has 0 aliphatic carbocycles. The average molecular weight is 575 g/mol. The molecule has 3 aromatic carbocycles. The largest absolute Gasteiger partial charge is 0.493 e. The van der Waals surface area contributed by atoms with Gasteiger partial charge in [-0.25, -0.2) is 0 Å². The third-order valence-corrected chi connectivity index (χ3v) is 8.17. The summed E-state index contributed by atoms with van der Waals surface area (Å²) in [6, 6.07) is 22.0. The Balaban J connectivity index is 1.62. The first-order valence-electron chi connectivity index (χ1n) is 15.1. The molecule has 0 bridgehead atoms. The fraction of sp³-hybridized carbons (Fsp3) is 0.324. The molecule has 1 atom stereocenters. The zero-order valence-corrected chi connectivity index (χ0v) is 25.6. The molecule has 3 heterocycles. The normalized spacial score (nSPS) is 13.7. The first-order chi connectivity index (χ1) is 20.6. The maximum Gasteiger partial charge on any atom is 0.251 e. The van der Waals surface area contributed by atoms with E-state index in [1.807, 2.05) is 80.9 Å². The van der Waals surface area contributed by atoms with E-state index in [0.29, 0.717) is 13.2 Å². The first kappa shape index (κ1) is 28.8. The number of fused-ring (bicyclic) bond motifs is 1. The van der Waals surface area contributed by atoms with Gasteiger partial charge in [-0.1, -0.05) is 30.3 Å². The molecule has 2 aromatic heterocycles. The Morgan fingerprint density at radius 1 is 1.07 bits per heavy atom. The highest BCUT2D eigenvalue weighted by Crippen LogP contribution is 2.45. The van der Waals surface area contributed by atoms with Gasteiger partial charge in [0.15, 0.2) is 5.78 Å². The van der Waals surface area contributed by atoms with Crippen molar-refractivity contribution in [2.24, 2.45) is 0 Å². The fourth-order valence-corrected chi connectivity index (χ4v) is 6.33. The van der Waals surface area contributed by atoms with E-state index in [1.165, 1.54) is 11.1 Å². The summed E-state index contributed by atoms with van der Waals surface area (Å²) in [5, 5.41) is 1.89. The van der Waals surface area contributed by atoms with Crippen LogP contribution < -0.4 is 10.3 Å². The van der Waals surface area contributed by atoms with E-state index >= 15 is 0 Å². The molecule has 0 saturated carbocycles. The van der Waals surface area contributed by atoms with Crippen LogP contribution in [0.15, 0.2) is 77.7 Å². The zero-order valence-electron chi connectivity index (χ0n) is 25.6. The number of aryl methyl sites for hydroxylation is 3. The van der Waals surface area contributed by atoms with Crippen LogP contribution in [0.2, 0.25) is 0 Å². The van der Waals surface area contributed by atoms with E-state index in [4.69, 9.17) is 14.5 Å². The third-order valence-electron chi connectivity index (χ3n) is 8.17. The van der Waals surface area contributed by atoms with Crippen molar-refractivity contribution in [1.29, 1.82) is 0 Å². The number of carbonyl (C=O) groups excluding carboxylic acids is 1. The van der Waals surface area contributed by atoms with Crippen LogP contribution in [-0.2, 0) is 28.9 Å². The predicted molar refractivity (Wildman–Crippen MR) is 172 cm³/mol. The van der Waals surface area contributed by atoms with Gasteiger partial charge < -0.3 is 14.0 Å². The number of nitrogens with zero attached hydrogens (tertiary/aromatic N) is 2. The molecule has 43 heavy (non-hydrogen) atoms. The maximum atomic E-state index is 13.4. The second-order valence-electron chi connectivity index (χ2n) is 12.5. The molecule has 0 N–H and O–H groups in total. The molecule has 220 valence electrons. The summed E-state index contributed by atoms with van der Waals surface area (Å²) >= 11 is 0. The summed E-state index contributed by atoms with van der Waals surface area (Å²) in [5.74, 6) is 0.743. The van der Waals surface area contributed by atoms with Gasteiger partial charge in [0.2, 0.25) is 0 Å². The molecule has 0 spiro atoms. The smallest absolute Gasteiger partial charge is 0.251 e. The van der Waals surface area contributed by atoms with E-state index in [9.17, 15) is 9.59 Å². The minimum absolute atomic E-state index is 0.0452. The lowest BCUT2D eigenvalue weighted by Gasteiger charge is -2.30. The number of Topliss-reactive ketones (excluding diaryl/α,β-unsaturated/α-hetero) is 1. The molecule has 5 aromatic rings. The van der Waals surface area contributed by atoms with Crippen LogP contribution in [0.1, 0.15) is 62.5 Å². The van der Waals surface area contributed by atoms with E-state index in [2.05, 4.69) is 18.2 Å². The number of hydrogen-bond acceptors (Lipinski definition) is 5. The minimum atomic E-state index is -0.792. The minimum Gasteiger partial charge on any atom is -0.493 e. The summed E-state index contributed by atoms with van der Waals surface area (Å²) in [6.07, 6.45) is 3.56. The lowest BCUT2D eigenvalue weighted by molar-refractivity contribution is -0.138. The second-order valence-corrected chi connectivity index (χ2v) is 12.5. The highest BCUT2D eigenvalue weighted by molar-refractivity contribution is 6.08. The SMILES string of the molecule is CC(=O)C(OC(C)(C)C)c1c(C)cc2c(ccc(=O)n2CCCc2ccccc2)c1-c1ccc2c3c(ccnc13)CCO2. The van der Waals surface area contributed by atoms with Gasteiger partial charge >= 0.3 is 0 Å². The molecule has 0 radical (unpaired) electrons. The number of hydrogen-bond donors (Lipinski definition) is 0. The van der Waals surface area contributed by atoms with Gasteiger partial charge in [-0.2, -0.15) is 0 Å². The van der Waals surface area contributed by atoms with Gasteiger partial charge in [0.25, 0.3) is 5.56 Å². The standard InChI is InChI=1S/C37H38N2O4/c1-23-22-29-27(14-16-31(41)39(29)20-9-12-25-10-7-6-8-11-25)34(32(23)36(24(2)40)43-37(3,4)5)28-13-15-30-33-26(18-21-42-30)17-19-38-35(28)33/h6-8,10-11,13-17,19,22,36H,9,12,18,20-21H2,1-5H3. The molecule has 6 rings (SSSR count). The lowest BCUT2D eigenvalue weighted by atomic mass is 9.85. The molecule has 0 fully saturated rings. The summed E-state index contributed by atoms with van der Waals surface area (Å²) in [4.78, 5) is 31.5. The summed E-state index contributed by atoms with van der Waals surface area (Å²) < 4.78 is 14.4. The van der Waals surface area contributed by atoms with Crippen LogP contribution in [0.25, 0.3) is 32.9 Å². The van der Waals surface area contributed by atoms with Crippen molar-refractivity contribution in [3.63, 3.8) is 0 Å². The van der Waals surface area contributed by atoms with E-state index in [-0.39, 0.29) is 11.3 Å². The van der Waals surface area contributed by atoms with E-state index < -0.39 is 11.7 Å². The molecular formula is C37H38N2O4. The van der Waals surface area contributed by atoms with Crippen molar-refractivity contribution in [3.8, 4) is 16.9 Å². The predicted octanol–water partition coefficient (Wildman–Crippen LogP) is 7.54. The molecule has 1 aliphatic heterocycles. The number of ketones is 1. The molecular weight excluding hydrogens is 536 g/mol. The fourth-order valence-electron chi connectivity index (χ4n) is 6.33. The van der Waals surface area contributed by atoms with E-state index in [0.717, 1.165) is 69.1 Å². The van der Waals surface area contributed by atoms with Crippen molar-refractivity contribution in [3.05, 3.63) is 106 Å². The molecule has 1 unspecified atom stereocenters. The van der Waals surface area contributed by atoms with Gasteiger partial charge in [-0.05, 0) is 106 Å². The van der Waals surface area contributed by atoms with E-state index in [1.54, 1.807) is 13.0 Å². The molecule has 0 saturated heterocycles. The Hall–Kier alpha value is -4.29. The van der Waals surface area contributed by atoms with Crippen LogP contribution in [-0.4, -0.2) is 27.5 Å². The van der Waals surface area contributed by atoms with Crippen LogP contribution in [0.3, 0.4) is 0 Å². The van der Waals surface area contributed by atoms with Crippen LogP contribution in [0.4, 0.5) is 0 Å². The van der Waals surface area contributed by atoms with Crippen LogP contribution in [0, 0.1) is 6.92 Å². The van der Waals surface area contributed by atoms with Crippen LogP contribution >= 0.6 is 0 Å². The van der Waals surface area contributed by atoms with Gasteiger partial charge in [0, 0.05) is 41.6 Å². The number of rotatable bonds is 8. The van der Waals surface area contributed by atoms with Gasteiger partial charge in [-0.15, -0.1) is 0 Å². The summed E-state index contributed by atoms with van der Waals surface area (Å²) in [5.41, 5.74) is 6.97. The average Bonchev–Trinajstić information content (AvgIpc) is 2.97. The number of carbonyl (C=O) groups is 1. The maximum absolute atomic E-state index is 13.4. The Morgan fingerprint density at radius 2 is 1.86 bits per heavy atom. The lowest BCUT2D eigenvalue weighted by Crippen LogP contribution is -2.27. The third kappa shape index (κ3) is 5.59. The quantitative estimate of drug-likeness (QED) is 0.192. The van der Waals surface area contributed by atoms with Crippen molar-refractivity contribution < 1.29 is 14.3 Å². The topological polar surface area (TPSA) is 70.4 Å². The van der Waals surface area contributed by atoms with Crippen molar-refractivity contribution in [1.82, 2.24) is 9.55 Å².